The van der Waals surface area contributed by atoms with E-state index in [0.29, 0.717) is 0 Å². The van der Waals surface area contributed by atoms with E-state index in [0.717, 1.165) is 23.7 Å². The predicted molar refractivity (Wildman–Crippen MR) is 75.9 cm³/mol. The molecule has 0 heteroatoms. The molecule has 0 atom stereocenters. The highest BCUT2D eigenvalue weighted by Crippen LogP contribution is 2.41. The molecule has 0 aromatic heterocycles. The fraction of sp³-hybridized carbons (Fsp3) is 0.765. The van der Waals surface area contributed by atoms with Crippen LogP contribution in [0.25, 0.3) is 0 Å². The molecule has 0 radical (unpaired) electrons. The van der Waals surface area contributed by atoms with E-state index in [1.54, 1.807) is 0 Å². The summed E-state index contributed by atoms with van der Waals surface area (Å²) in [5, 5.41) is 0. The lowest BCUT2D eigenvalue weighted by atomic mass is 9.69. The lowest BCUT2D eigenvalue weighted by Gasteiger charge is -2.36. The second-order valence-corrected chi connectivity index (χ2v) is 6.32. The molecule has 0 bridgehead atoms. The standard InChI is InChI=1S/C17H28/c1-3-4-5-15-8-12-17(13-9-15)16-10-6-14(2)7-11-16/h3-5,14-17H,1,6-13H2,2H3/b5-4-. The lowest BCUT2D eigenvalue weighted by Crippen LogP contribution is -2.24. The summed E-state index contributed by atoms with van der Waals surface area (Å²) in [7, 11) is 0. The molecule has 0 saturated heterocycles. The third-order valence-electron chi connectivity index (χ3n) is 5.06. The number of allylic oxidation sites excluding steroid dienone is 3. The number of hydrogen-bond donors (Lipinski definition) is 0. The van der Waals surface area contributed by atoms with Gasteiger partial charge >= 0.3 is 0 Å². The Morgan fingerprint density at radius 3 is 1.88 bits per heavy atom. The van der Waals surface area contributed by atoms with Gasteiger partial charge in [-0.1, -0.05) is 44.6 Å². The van der Waals surface area contributed by atoms with Gasteiger partial charge in [0.15, 0.2) is 0 Å². The van der Waals surface area contributed by atoms with Gasteiger partial charge < -0.3 is 0 Å². The number of rotatable bonds is 3. The maximum absolute atomic E-state index is 3.75. The van der Waals surface area contributed by atoms with Gasteiger partial charge in [0.05, 0.1) is 0 Å². The summed E-state index contributed by atoms with van der Waals surface area (Å²) >= 11 is 0. The molecule has 2 saturated carbocycles. The van der Waals surface area contributed by atoms with E-state index in [1.165, 1.54) is 51.4 Å². The zero-order chi connectivity index (χ0) is 12.1. The normalized spacial score (nSPS) is 39.4. The van der Waals surface area contributed by atoms with Crippen molar-refractivity contribution in [3.63, 3.8) is 0 Å². The largest absolute Gasteiger partial charge is 0.0991 e. The summed E-state index contributed by atoms with van der Waals surface area (Å²) in [6.45, 7) is 6.18. The third kappa shape index (κ3) is 3.72. The van der Waals surface area contributed by atoms with Gasteiger partial charge in [-0.25, -0.2) is 0 Å². The maximum atomic E-state index is 3.75. The fourth-order valence-electron chi connectivity index (χ4n) is 3.80. The van der Waals surface area contributed by atoms with Gasteiger partial charge in [-0.2, -0.15) is 0 Å². The zero-order valence-electron chi connectivity index (χ0n) is 11.4. The summed E-state index contributed by atoms with van der Waals surface area (Å²) in [5.41, 5.74) is 0. The van der Waals surface area contributed by atoms with Gasteiger partial charge in [-0.3, -0.25) is 0 Å². The van der Waals surface area contributed by atoms with Crippen LogP contribution < -0.4 is 0 Å². The summed E-state index contributed by atoms with van der Waals surface area (Å²) in [6, 6.07) is 0. The minimum atomic E-state index is 0.840. The Bertz CT molecular complexity index is 247. The third-order valence-corrected chi connectivity index (χ3v) is 5.06. The maximum Gasteiger partial charge on any atom is -0.0230 e. The average Bonchev–Trinajstić information content (AvgIpc) is 2.38. The van der Waals surface area contributed by atoms with Crippen molar-refractivity contribution >= 4 is 0 Å². The van der Waals surface area contributed by atoms with Crippen LogP contribution in [0.2, 0.25) is 0 Å². The van der Waals surface area contributed by atoms with Gasteiger partial charge in [0.25, 0.3) is 0 Å². The smallest absolute Gasteiger partial charge is 0.0230 e. The molecule has 0 N–H and O–H groups in total. The van der Waals surface area contributed by atoms with Crippen molar-refractivity contribution in [1.82, 2.24) is 0 Å². The van der Waals surface area contributed by atoms with Crippen molar-refractivity contribution in [2.24, 2.45) is 23.7 Å². The first-order chi connectivity index (χ1) is 8.29. The highest BCUT2D eigenvalue weighted by atomic mass is 14.3. The topological polar surface area (TPSA) is 0 Å². The molecule has 17 heavy (non-hydrogen) atoms. The van der Waals surface area contributed by atoms with Gasteiger partial charge in [0, 0.05) is 0 Å². The monoisotopic (exact) mass is 232 g/mol. The molecule has 2 fully saturated rings. The van der Waals surface area contributed by atoms with E-state index in [2.05, 4.69) is 25.7 Å². The molecule has 2 aliphatic carbocycles. The molecule has 0 aliphatic heterocycles. The van der Waals surface area contributed by atoms with Crippen molar-refractivity contribution in [3.8, 4) is 0 Å². The zero-order valence-corrected chi connectivity index (χ0v) is 11.4. The Labute approximate surface area is 107 Å². The Balaban J connectivity index is 1.75. The Morgan fingerprint density at radius 1 is 0.824 bits per heavy atom. The molecule has 0 unspecified atom stereocenters. The Kier molecular flexibility index (Phi) is 4.88. The van der Waals surface area contributed by atoms with Gasteiger partial charge in [0.2, 0.25) is 0 Å². The highest BCUT2D eigenvalue weighted by Gasteiger charge is 2.29. The summed E-state index contributed by atoms with van der Waals surface area (Å²) in [4.78, 5) is 0. The van der Waals surface area contributed by atoms with Crippen LogP contribution in [-0.4, -0.2) is 0 Å². The molecule has 2 rings (SSSR count). The predicted octanol–water partition coefficient (Wildman–Crippen LogP) is 5.36. The lowest BCUT2D eigenvalue weighted by molar-refractivity contribution is 0.160. The molecule has 0 aromatic rings. The number of hydrogen-bond acceptors (Lipinski definition) is 0. The van der Waals surface area contributed by atoms with Gasteiger partial charge in [0.1, 0.15) is 0 Å². The van der Waals surface area contributed by atoms with Crippen LogP contribution in [0.1, 0.15) is 58.3 Å². The minimum absolute atomic E-state index is 0.840. The SMILES string of the molecule is C=C/C=C\C1CCC(C2CCC(C)CC2)CC1. The van der Waals surface area contributed by atoms with E-state index < -0.39 is 0 Å². The highest BCUT2D eigenvalue weighted by molar-refractivity contribution is 5.01. The van der Waals surface area contributed by atoms with E-state index in [9.17, 15) is 0 Å². The van der Waals surface area contributed by atoms with Crippen molar-refractivity contribution in [2.75, 3.05) is 0 Å². The molecular formula is C17H28. The van der Waals surface area contributed by atoms with Crippen LogP contribution in [-0.2, 0) is 0 Å². The van der Waals surface area contributed by atoms with E-state index in [4.69, 9.17) is 0 Å². The molecule has 2 aliphatic rings. The fourth-order valence-corrected chi connectivity index (χ4v) is 3.80. The second-order valence-electron chi connectivity index (χ2n) is 6.32. The first-order valence-electron chi connectivity index (χ1n) is 7.58. The molecule has 0 nitrogen and oxygen atoms in total. The van der Waals surface area contributed by atoms with Crippen molar-refractivity contribution in [1.29, 1.82) is 0 Å². The second kappa shape index (κ2) is 6.42. The van der Waals surface area contributed by atoms with Crippen LogP contribution in [0, 0.1) is 23.7 Å². The van der Waals surface area contributed by atoms with E-state index in [-0.39, 0.29) is 0 Å². The summed E-state index contributed by atoms with van der Waals surface area (Å²) in [6.07, 6.45) is 18.2. The summed E-state index contributed by atoms with van der Waals surface area (Å²) < 4.78 is 0. The Hall–Kier alpha value is -0.520. The van der Waals surface area contributed by atoms with Crippen molar-refractivity contribution < 1.29 is 0 Å². The first-order valence-corrected chi connectivity index (χ1v) is 7.58. The molecule has 0 spiro atoms. The average molecular weight is 232 g/mol. The first kappa shape index (κ1) is 12.9. The Morgan fingerprint density at radius 2 is 1.35 bits per heavy atom. The molecule has 96 valence electrons. The minimum Gasteiger partial charge on any atom is -0.0991 e. The van der Waals surface area contributed by atoms with Gasteiger partial charge in [-0.15, -0.1) is 0 Å². The molecule has 0 aromatic carbocycles. The van der Waals surface area contributed by atoms with Crippen LogP contribution in [0.15, 0.2) is 24.8 Å². The van der Waals surface area contributed by atoms with Crippen LogP contribution in [0.3, 0.4) is 0 Å². The van der Waals surface area contributed by atoms with Crippen molar-refractivity contribution in [3.05, 3.63) is 24.8 Å². The summed E-state index contributed by atoms with van der Waals surface area (Å²) in [5.74, 6) is 3.95. The molecule has 0 amide bonds. The van der Waals surface area contributed by atoms with Crippen LogP contribution in [0.5, 0.6) is 0 Å². The van der Waals surface area contributed by atoms with Gasteiger partial charge in [-0.05, 0) is 62.2 Å². The molecule has 0 heterocycles. The van der Waals surface area contributed by atoms with Crippen LogP contribution >= 0.6 is 0 Å². The van der Waals surface area contributed by atoms with E-state index in [1.807, 2.05) is 6.08 Å². The quantitative estimate of drug-likeness (QED) is 0.574. The molecular weight excluding hydrogens is 204 g/mol. The van der Waals surface area contributed by atoms with Crippen LogP contribution in [0.4, 0.5) is 0 Å². The van der Waals surface area contributed by atoms with Crippen molar-refractivity contribution in [2.45, 2.75) is 58.3 Å². The van der Waals surface area contributed by atoms with E-state index >= 15 is 0 Å².